The highest BCUT2D eigenvalue weighted by molar-refractivity contribution is 5.34. The number of nitrogens with zero attached hydrogens (tertiary/aromatic N) is 3. The number of anilines is 1. The standard InChI is InChI=1S/C13H24N4O/c1-10(2)9-17-8-6-15-12(13(17)18)16(4)7-5-11(3)14/h6,8,10-11H,5,7,9,14H2,1-4H3. The van der Waals surface area contributed by atoms with Gasteiger partial charge in [-0.05, 0) is 19.3 Å². The summed E-state index contributed by atoms with van der Waals surface area (Å²) in [5.41, 5.74) is 5.69. The third kappa shape index (κ3) is 4.14. The Morgan fingerprint density at radius 2 is 2.11 bits per heavy atom. The van der Waals surface area contributed by atoms with Crippen LogP contribution in [-0.4, -0.2) is 29.2 Å². The lowest BCUT2D eigenvalue weighted by atomic mass is 10.2. The second kappa shape index (κ2) is 6.54. The van der Waals surface area contributed by atoms with Crippen LogP contribution in [0.25, 0.3) is 0 Å². The van der Waals surface area contributed by atoms with Gasteiger partial charge in [0, 0.05) is 38.6 Å². The van der Waals surface area contributed by atoms with E-state index < -0.39 is 0 Å². The summed E-state index contributed by atoms with van der Waals surface area (Å²) in [6.45, 7) is 7.60. The van der Waals surface area contributed by atoms with Crippen LogP contribution < -0.4 is 16.2 Å². The summed E-state index contributed by atoms with van der Waals surface area (Å²) in [6.07, 6.45) is 4.27. The zero-order valence-electron chi connectivity index (χ0n) is 11.8. The molecule has 18 heavy (non-hydrogen) atoms. The monoisotopic (exact) mass is 252 g/mol. The van der Waals surface area contributed by atoms with Crippen LogP contribution in [0.2, 0.25) is 0 Å². The van der Waals surface area contributed by atoms with E-state index in [0.29, 0.717) is 11.7 Å². The molecule has 0 bridgehead atoms. The summed E-state index contributed by atoms with van der Waals surface area (Å²) in [4.78, 5) is 18.3. The highest BCUT2D eigenvalue weighted by Crippen LogP contribution is 2.04. The maximum absolute atomic E-state index is 12.2. The SMILES string of the molecule is CC(C)Cn1ccnc(N(C)CCC(C)N)c1=O. The normalized spacial score (nSPS) is 12.8. The lowest BCUT2D eigenvalue weighted by molar-refractivity contribution is 0.508. The highest BCUT2D eigenvalue weighted by Gasteiger charge is 2.10. The van der Waals surface area contributed by atoms with Gasteiger partial charge in [0.15, 0.2) is 5.82 Å². The van der Waals surface area contributed by atoms with Crippen LogP contribution in [0, 0.1) is 5.92 Å². The molecule has 1 unspecified atom stereocenters. The van der Waals surface area contributed by atoms with Crippen molar-refractivity contribution >= 4 is 5.82 Å². The van der Waals surface area contributed by atoms with Crippen molar-refractivity contribution in [2.45, 2.75) is 39.8 Å². The molecule has 0 saturated carbocycles. The minimum atomic E-state index is -0.0293. The zero-order valence-corrected chi connectivity index (χ0v) is 11.8. The Morgan fingerprint density at radius 1 is 1.44 bits per heavy atom. The fourth-order valence-corrected chi connectivity index (χ4v) is 1.74. The summed E-state index contributed by atoms with van der Waals surface area (Å²) >= 11 is 0. The first kappa shape index (κ1) is 14.7. The lowest BCUT2D eigenvalue weighted by Gasteiger charge is -2.19. The van der Waals surface area contributed by atoms with Crippen LogP contribution in [-0.2, 0) is 6.54 Å². The Kier molecular flexibility index (Phi) is 5.34. The molecule has 1 aromatic rings. The van der Waals surface area contributed by atoms with E-state index >= 15 is 0 Å². The maximum atomic E-state index is 12.2. The van der Waals surface area contributed by atoms with E-state index in [-0.39, 0.29) is 11.6 Å². The lowest BCUT2D eigenvalue weighted by Crippen LogP contribution is -2.33. The summed E-state index contributed by atoms with van der Waals surface area (Å²) in [5.74, 6) is 0.936. The van der Waals surface area contributed by atoms with Crippen LogP contribution in [0.4, 0.5) is 5.82 Å². The Bertz CT molecular complexity index is 425. The largest absolute Gasteiger partial charge is 0.355 e. The molecule has 0 fully saturated rings. The molecule has 0 aromatic carbocycles. The van der Waals surface area contributed by atoms with Crippen LogP contribution in [0.5, 0.6) is 0 Å². The molecule has 1 heterocycles. The number of nitrogens with two attached hydrogens (primary N) is 1. The van der Waals surface area contributed by atoms with Crippen LogP contribution in [0.1, 0.15) is 27.2 Å². The van der Waals surface area contributed by atoms with Crippen molar-refractivity contribution in [3.05, 3.63) is 22.7 Å². The summed E-state index contributed by atoms with van der Waals surface area (Å²) in [7, 11) is 1.88. The van der Waals surface area contributed by atoms with Gasteiger partial charge in [-0.1, -0.05) is 13.8 Å². The summed E-state index contributed by atoms with van der Waals surface area (Å²) in [5, 5.41) is 0. The molecule has 5 heteroatoms. The van der Waals surface area contributed by atoms with E-state index in [1.807, 2.05) is 18.9 Å². The van der Waals surface area contributed by atoms with E-state index in [1.165, 1.54) is 0 Å². The van der Waals surface area contributed by atoms with E-state index in [1.54, 1.807) is 17.0 Å². The molecule has 0 aliphatic rings. The van der Waals surface area contributed by atoms with Gasteiger partial charge in [-0.25, -0.2) is 4.98 Å². The summed E-state index contributed by atoms with van der Waals surface area (Å²) in [6, 6.07) is 0.133. The van der Waals surface area contributed by atoms with Gasteiger partial charge in [-0.2, -0.15) is 0 Å². The van der Waals surface area contributed by atoms with Crippen LogP contribution >= 0.6 is 0 Å². The average molecular weight is 252 g/mol. The second-order valence-electron chi connectivity index (χ2n) is 5.29. The molecule has 102 valence electrons. The average Bonchev–Trinajstić information content (AvgIpc) is 2.28. The van der Waals surface area contributed by atoms with E-state index in [0.717, 1.165) is 19.5 Å². The fraction of sp³-hybridized carbons (Fsp3) is 0.692. The highest BCUT2D eigenvalue weighted by atomic mass is 16.1. The third-order valence-corrected chi connectivity index (χ3v) is 2.74. The number of rotatable bonds is 6. The predicted molar refractivity (Wildman–Crippen MR) is 74.9 cm³/mol. The summed E-state index contributed by atoms with van der Waals surface area (Å²) < 4.78 is 1.72. The first-order valence-electron chi connectivity index (χ1n) is 6.44. The smallest absolute Gasteiger partial charge is 0.293 e. The van der Waals surface area contributed by atoms with Crippen molar-refractivity contribution in [1.82, 2.24) is 9.55 Å². The fourth-order valence-electron chi connectivity index (χ4n) is 1.74. The molecule has 1 rings (SSSR count). The molecular weight excluding hydrogens is 228 g/mol. The number of hydrogen-bond acceptors (Lipinski definition) is 4. The van der Waals surface area contributed by atoms with Gasteiger partial charge in [0.2, 0.25) is 0 Å². The van der Waals surface area contributed by atoms with E-state index in [9.17, 15) is 4.79 Å². The van der Waals surface area contributed by atoms with Gasteiger partial charge in [-0.15, -0.1) is 0 Å². The minimum absolute atomic E-state index is 0.0293. The van der Waals surface area contributed by atoms with Gasteiger partial charge >= 0.3 is 0 Å². The Labute approximate surface area is 109 Å². The first-order chi connectivity index (χ1) is 8.41. The Hall–Kier alpha value is -1.36. The van der Waals surface area contributed by atoms with Gasteiger partial charge in [0.1, 0.15) is 0 Å². The Balaban J connectivity index is 2.86. The molecule has 0 radical (unpaired) electrons. The van der Waals surface area contributed by atoms with Crippen LogP contribution in [0.3, 0.4) is 0 Å². The molecule has 0 saturated heterocycles. The van der Waals surface area contributed by atoms with Gasteiger partial charge in [-0.3, -0.25) is 4.79 Å². The molecule has 0 aliphatic carbocycles. The van der Waals surface area contributed by atoms with Crippen molar-refractivity contribution in [3.63, 3.8) is 0 Å². The third-order valence-electron chi connectivity index (χ3n) is 2.74. The molecular formula is C13H24N4O. The van der Waals surface area contributed by atoms with Gasteiger partial charge < -0.3 is 15.2 Å². The van der Waals surface area contributed by atoms with Gasteiger partial charge in [0.05, 0.1) is 0 Å². The van der Waals surface area contributed by atoms with E-state index in [2.05, 4.69) is 18.8 Å². The van der Waals surface area contributed by atoms with Crippen molar-refractivity contribution in [2.75, 3.05) is 18.5 Å². The van der Waals surface area contributed by atoms with Crippen molar-refractivity contribution in [1.29, 1.82) is 0 Å². The number of hydrogen-bond donors (Lipinski definition) is 1. The molecule has 1 atom stereocenters. The van der Waals surface area contributed by atoms with Crippen molar-refractivity contribution in [2.24, 2.45) is 11.7 Å². The van der Waals surface area contributed by atoms with Crippen molar-refractivity contribution in [3.8, 4) is 0 Å². The molecule has 5 nitrogen and oxygen atoms in total. The molecule has 0 spiro atoms. The zero-order chi connectivity index (χ0) is 13.7. The number of aromatic nitrogens is 2. The second-order valence-corrected chi connectivity index (χ2v) is 5.29. The van der Waals surface area contributed by atoms with Gasteiger partial charge in [0.25, 0.3) is 5.56 Å². The molecule has 1 aromatic heterocycles. The topological polar surface area (TPSA) is 64.2 Å². The molecule has 2 N–H and O–H groups in total. The van der Waals surface area contributed by atoms with E-state index in [4.69, 9.17) is 5.73 Å². The molecule has 0 aliphatic heterocycles. The quantitative estimate of drug-likeness (QED) is 0.822. The van der Waals surface area contributed by atoms with Crippen molar-refractivity contribution < 1.29 is 0 Å². The predicted octanol–water partition coefficient (Wildman–Crippen LogP) is 1.07. The maximum Gasteiger partial charge on any atom is 0.293 e. The Morgan fingerprint density at radius 3 is 2.67 bits per heavy atom. The minimum Gasteiger partial charge on any atom is -0.355 e. The first-order valence-corrected chi connectivity index (χ1v) is 6.44. The van der Waals surface area contributed by atoms with Crippen LogP contribution in [0.15, 0.2) is 17.2 Å². The molecule has 0 amide bonds.